The average Bonchev–Trinajstić information content (AvgIpc) is 3.34. The lowest BCUT2D eigenvalue weighted by atomic mass is 10.0. The van der Waals surface area contributed by atoms with Gasteiger partial charge in [-0.2, -0.15) is 5.10 Å². The first-order valence-corrected chi connectivity index (χ1v) is 9.53. The van der Waals surface area contributed by atoms with E-state index >= 15 is 0 Å². The van der Waals surface area contributed by atoms with Crippen molar-refractivity contribution in [3.05, 3.63) is 103 Å². The minimum Gasteiger partial charge on any atom is -0.343 e. The van der Waals surface area contributed by atoms with Crippen LogP contribution in [0, 0.1) is 0 Å². The zero-order valence-electron chi connectivity index (χ0n) is 16.2. The van der Waals surface area contributed by atoms with E-state index in [4.69, 9.17) is 0 Å². The van der Waals surface area contributed by atoms with E-state index in [2.05, 4.69) is 15.7 Å². The molecule has 0 unspecified atom stereocenters. The van der Waals surface area contributed by atoms with Crippen molar-refractivity contribution in [1.82, 2.24) is 15.1 Å². The Hall–Kier alpha value is -4.19. The lowest BCUT2D eigenvalue weighted by Gasteiger charge is -2.09. The van der Waals surface area contributed by atoms with E-state index in [0.29, 0.717) is 11.3 Å². The molecule has 0 aliphatic carbocycles. The number of amides is 2. The van der Waals surface area contributed by atoms with E-state index < -0.39 is 0 Å². The number of aromatic nitrogens is 2. The molecule has 1 heterocycles. The molecule has 4 rings (SSSR count). The molecule has 2 amide bonds. The summed E-state index contributed by atoms with van der Waals surface area (Å²) in [5.74, 6) is -0.588. The Labute approximate surface area is 174 Å². The number of hydrogen-bond donors (Lipinski definition) is 2. The molecule has 0 aliphatic rings. The lowest BCUT2D eigenvalue weighted by Crippen LogP contribution is -2.32. The van der Waals surface area contributed by atoms with Gasteiger partial charge in [-0.25, -0.2) is 4.68 Å². The van der Waals surface area contributed by atoms with E-state index in [1.54, 1.807) is 35.1 Å². The van der Waals surface area contributed by atoms with E-state index in [9.17, 15) is 9.59 Å². The van der Waals surface area contributed by atoms with Gasteiger partial charge in [0, 0.05) is 23.6 Å². The Kier molecular flexibility index (Phi) is 5.66. The van der Waals surface area contributed by atoms with Crippen molar-refractivity contribution in [1.29, 1.82) is 0 Å². The zero-order chi connectivity index (χ0) is 20.8. The Balaban J connectivity index is 1.30. The molecule has 148 valence electrons. The highest BCUT2D eigenvalue weighted by Gasteiger charge is 2.09. The summed E-state index contributed by atoms with van der Waals surface area (Å²) in [4.78, 5) is 24.5. The summed E-state index contributed by atoms with van der Waals surface area (Å²) in [6.07, 6.45) is 3.54. The highest BCUT2D eigenvalue weighted by Crippen LogP contribution is 2.19. The van der Waals surface area contributed by atoms with Gasteiger partial charge in [-0.15, -0.1) is 0 Å². The predicted octanol–water partition coefficient (Wildman–Crippen LogP) is 3.91. The number of nitrogens with one attached hydrogen (secondary N) is 2. The first-order chi connectivity index (χ1) is 14.7. The maximum Gasteiger partial charge on any atom is 0.251 e. The molecular weight excluding hydrogens is 376 g/mol. The quantitative estimate of drug-likeness (QED) is 0.519. The highest BCUT2D eigenvalue weighted by atomic mass is 16.2. The van der Waals surface area contributed by atoms with Gasteiger partial charge >= 0.3 is 0 Å². The summed E-state index contributed by atoms with van der Waals surface area (Å²) < 4.78 is 1.73. The van der Waals surface area contributed by atoms with Gasteiger partial charge in [0.25, 0.3) is 5.91 Å². The molecule has 30 heavy (non-hydrogen) atoms. The molecule has 0 saturated carbocycles. The number of anilines is 1. The largest absolute Gasteiger partial charge is 0.343 e. The number of nitrogens with zero attached hydrogens (tertiary/aromatic N) is 2. The van der Waals surface area contributed by atoms with Crippen molar-refractivity contribution in [3.63, 3.8) is 0 Å². The summed E-state index contributed by atoms with van der Waals surface area (Å²) in [6, 6.07) is 26.4. The molecule has 0 radical (unpaired) electrons. The molecule has 0 saturated heterocycles. The topological polar surface area (TPSA) is 76.0 Å². The summed E-state index contributed by atoms with van der Waals surface area (Å²) >= 11 is 0. The van der Waals surface area contributed by atoms with Crippen molar-refractivity contribution in [2.24, 2.45) is 0 Å². The summed E-state index contributed by atoms with van der Waals surface area (Å²) in [5.41, 5.74) is 4.17. The Bertz CT molecular complexity index is 1120. The Morgan fingerprint density at radius 2 is 1.50 bits per heavy atom. The van der Waals surface area contributed by atoms with Crippen LogP contribution in [0.5, 0.6) is 0 Å². The summed E-state index contributed by atoms with van der Waals surface area (Å²) in [7, 11) is 0. The van der Waals surface area contributed by atoms with Crippen LogP contribution in [0.1, 0.15) is 10.4 Å². The first-order valence-electron chi connectivity index (χ1n) is 9.53. The summed E-state index contributed by atoms with van der Waals surface area (Å²) in [6.45, 7) is -0.111. The number of carbonyl (C=O) groups is 2. The molecule has 0 atom stereocenters. The SMILES string of the molecule is O=C(CNC(=O)c1ccc(-c2ccccc2)cc1)Nc1ccc(-n2cccn2)cc1. The second-order valence-electron chi connectivity index (χ2n) is 6.67. The molecule has 2 N–H and O–H groups in total. The molecule has 6 nitrogen and oxygen atoms in total. The number of rotatable bonds is 6. The van der Waals surface area contributed by atoms with Crippen molar-refractivity contribution in [3.8, 4) is 16.8 Å². The van der Waals surface area contributed by atoms with Crippen LogP contribution in [-0.4, -0.2) is 28.1 Å². The second kappa shape index (κ2) is 8.87. The number of carbonyl (C=O) groups excluding carboxylic acids is 2. The van der Waals surface area contributed by atoms with Gasteiger partial charge in [0.1, 0.15) is 0 Å². The van der Waals surface area contributed by atoms with E-state index in [1.165, 1.54) is 0 Å². The fourth-order valence-corrected chi connectivity index (χ4v) is 3.03. The Morgan fingerprint density at radius 1 is 0.800 bits per heavy atom. The van der Waals surface area contributed by atoms with Crippen LogP contribution in [0.4, 0.5) is 5.69 Å². The third-order valence-electron chi connectivity index (χ3n) is 4.58. The smallest absolute Gasteiger partial charge is 0.251 e. The number of hydrogen-bond acceptors (Lipinski definition) is 3. The van der Waals surface area contributed by atoms with Crippen LogP contribution in [0.15, 0.2) is 97.3 Å². The molecule has 0 fully saturated rings. The van der Waals surface area contributed by atoms with Crippen molar-refractivity contribution in [2.75, 3.05) is 11.9 Å². The second-order valence-corrected chi connectivity index (χ2v) is 6.67. The van der Waals surface area contributed by atoms with Gasteiger partial charge in [-0.3, -0.25) is 9.59 Å². The van der Waals surface area contributed by atoms with Gasteiger partial charge in [-0.1, -0.05) is 42.5 Å². The average molecular weight is 396 g/mol. The van der Waals surface area contributed by atoms with Gasteiger partial charge in [0.2, 0.25) is 5.91 Å². The Morgan fingerprint density at radius 3 is 2.17 bits per heavy atom. The molecule has 4 aromatic rings. The summed E-state index contributed by atoms with van der Waals surface area (Å²) in [5, 5.41) is 9.57. The fraction of sp³-hybridized carbons (Fsp3) is 0.0417. The number of benzene rings is 3. The third-order valence-corrected chi connectivity index (χ3v) is 4.58. The maximum absolute atomic E-state index is 12.3. The monoisotopic (exact) mass is 396 g/mol. The van der Waals surface area contributed by atoms with E-state index in [0.717, 1.165) is 16.8 Å². The van der Waals surface area contributed by atoms with Crippen LogP contribution in [0.3, 0.4) is 0 Å². The van der Waals surface area contributed by atoms with Crippen LogP contribution < -0.4 is 10.6 Å². The molecule has 6 heteroatoms. The van der Waals surface area contributed by atoms with Crippen molar-refractivity contribution in [2.45, 2.75) is 0 Å². The predicted molar refractivity (Wildman–Crippen MR) is 116 cm³/mol. The molecule has 0 bridgehead atoms. The van der Waals surface area contributed by atoms with Crippen molar-refractivity contribution < 1.29 is 9.59 Å². The van der Waals surface area contributed by atoms with Crippen LogP contribution >= 0.6 is 0 Å². The zero-order valence-corrected chi connectivity index (χ0v) is 16.2. The molecule has 0 spiro atoms. The maximum atomic E-state index is 12.3. The standard InChI is InChI=1S/C24H20N4O2/c29-23(27-21-11-13-22(14-12-21)28-16-4-15-26-28)17-25-24(30)20-9-7-19(8-10-20)18-5-2-1-3-6-18/h1-16H,17H2,(H,25,30)(H,27,29). The van der Waals surface area contributed by atoms with E-state index in [-0.39, 0.29) is 18.4 Å². The minimum atomic E-state index is -0.295. The van der Waals surface area contributed by atoms with Gasteiger partial charge in [0.05, 0.1) is 12.2 Å². The van der Waals surface area contributed by atoms with Crippen LogP contribution in [-0.2, 0) is 4.79 Å². The van der Waals surface area contributed by atoms with Crippen LogP contribution in [0.2, 0.25) is 0 Å². The van der Waals surface area contributed by atoms with Crippen molar-refractivity contribution >= 4 is 17.5 Å². The van der Waals surface area contributed by atoms with Gasteiger partial charge in [-0.05, 0) is 53.6 Å². The minimum absolute atomic E-state index is 0.111. The van der Waals surface area contributed by atoms with Crippen LogP contribution in [0.25, 0.3) is 16.8 Å². The van der Waals surface area contributed by atoms with Gasteiger partial charge in [0.15, 0.2) is 0 Å². The third kappa shape index (κ3) is 4.62. The highest BCUT2D eigenvalue weighted by molar-refractivity contribution is 5.99. The lowest BCUT2D eigenvalue weighted by molar-refractivity contribution is -0.115. The first kappa shape index (κ1) is 19.1. The fourth-order valence-electron chi connectivity index (χ4n) is 3.03. The molecule has 0 aliphatic heterocycles. The molecular formula is C24H20N4O2. The normalized spacial score (nSPS) is 10.4. The van der Waals surface area contributed by atoms with E-state index in [1.807, 2.05) is 66.9 Å². The van der Waals surface area contributed by atoms with Gasteiger partial charge < -0.3 is 10.6 Å². The molecule has 3 aromatic carbocycles. The molecule has 1 aromatic heterocycles.